The van der Waals surface area contributed by atoms with Crippen LogP contribution in [0.5, 0.6) is 5.75 Å². The van der Waals surface area contributed by atoms with E-state index < -0.39 is 17.7 Å². The summed E-state index contributed by atoms with van der Waals surface area (Å²) in [5, 5.41) is 15.6. The Labute approximate surface area is 219 Å². The van der Waals surface area contributed by atoms with E-state index in [9.17, 15) is 19.5 Å². The molecule has 0 atom stereocenters. The van der Waals surface area contributed by atoms with Crippen molar-refractivity contribution < 1.29 is 28.8 Å². The number of ether oxygens (including phenoxy) is 1. The predicted molar refractivity (Wildman–Crippen MR) is 138 cm³/mol. The van der Waals surface area contributed by atoms with Crippen molar-refractivity contribution in [1.29, 1.82) is 0 Å². The Bertz CT molecular complexity index is 1770. The number of imidazole rings is 2. The van der Waals surface area contributed by atoms with E-state index in [-0.39, 0.29) is 53.2 Å². The summed E-state index contributed by atoms with van der Waals surface area (Å²) in [4.78, 5) is 45.6. The number of nitrogens with one attached hydrogen (secondary N) is 1. The van der Waals surface area contributed by atoms with Crippen molar-refractivity contribution in [2.45, 2.75) is 13.3 Å². The summed E-state index contributed by atoms with van der Waals surface area (Å²) < 4.78 is 13.8. The molecular weight excluding hydrogens is 510 g/mol. The van der Waals surface area contributed by atoms with Crippen LogP contribution in [0.2, 0.25) is 0 Å². The fraction of sp³-hybridized carbons (Fsp3) is 0.167. The van der Waals surface area contributed by atoms with Crippen molar-refractivity contribution in [2.24, 2.45) is 11.5 Å². The van der Waals surface area contributed by atoms with Crippen molar-refractivity contribution in [2.75, 3.05) is 24.3 Å². The molecule has 8 N–H and O–H groups in total. The van der Waals surface area contributed by atoms with E-state index in [1.54, 1.807) is 13.0 Å². The largest absolute Gasteiger partial charge is 0.491 e. The molecule has 3 heterocycles. The second kappa shape index (κ2) is 9.79. The van der Waals surface area contributed by atoms with Crippen LogP contribution in [0.1, 0.15) is 43.4 Å². The molecule has 0 radical (unpaired) electrons. The molecule has 39 heavy (non-hydrogen) atoms. The maximum absolute atomic E-state index is 13.0. The lowest BCUT2D eigenvalue weighted by molar-refractivity contribution is 0.0992. The predicted octanol–water partition coefficient (Wildman–Crippen LogP) is 0.787. The summed E-state index contributed by atoms with van der Waals surface area (Å²) in [6, 6.07) is 8.86. The molecule has 0 aliphatic rings. The number of amides is 3. The molecule has 15 heteroatoms. The molecule has 0 fully saturated rings. The molecule has 3 aromatic heterocycles. The van der Waals surface area contributed by atoms with Gasteiger partial charge in [0.05, 0.1) is 23.2 Å². The van der Waals surface area contributed by atoms with Crippen LogP contribution in [0.3, 0.4) is 0 Å². The van der Waals surface area contributed by atoms with Gasteiger partial charge in [-0.1, -0.05) is 5.16 Å². The number of nitrogens with zero attached hydrogens (tertiary/aromatic N) is 5. The smallest absolute Gasteiger partial charge is 0.280 e. The summed E-state index contributed by atoms with van der Waals surface area (Å²) in [7, 11) is 0. The number of rotatable bonds is 9. The Morgan fingerprint density at radius 1 is 1.03 bits per heavy atom. The Hall–Kier alpha value is -5.44. The number of aliphatic hydroxyl groups excluding tert-OH is 1. The zero-order valence-corrected chi connectivity index (χ0v) is 20.5. The van der Waals surface area contributed by atoms with Gasteiger partial charge in [-0.05, 0) is 37.3 Å². The highest BCUT2D eigenvalue weighted by molar-refractivity contribution is 6.04. The molecule has 0 spiro atoms. The summed E-state index contributed by atoms with van der Waals surface area (Å²) >= 11 is 0. The number of carbonyl (C=O) groups is 3. The first kappa shape index (κ1) is 25.2. The van der Waals surface area contributed by atoms with Crippen LogP contribution in [0.15, 0.2) is 40.9 Å². The first-order valence-corrected chi connectivity index (χ1v) is 11.6. The van der Waals surface area contributed by atoms with Crippen LogP contribution in [0.25, 0.3) is 22.1 Å². The van der Waals surface area contributed by atoms with Crippen LogP contribution < -0.4 is 27.3 Å². The highest BCUT2D eigenvalue weighted by Crippen LogP contribution is 2.33. The molecule has 0 unspecified atom stereocenters. The summed E-state index contributed by atoms with van der Waals surface area (Å²) in [6.45, 7) is 1.63. The van der Waals surface area contributed by atoms with Crippen LogP contribution >= 0.6 is 0 Å². The molecule has 200 valence electrons. The lowest BCUT2D eigenvalue weighted by atomic mass is 10.1. The van der Waals surface area contributed by atoms with Crippen LogP contribution in [-0.2, 0) is 0 Å². The first-order chi connectivity index (χ1) is 18.7. The Kier molecular flexibility index (Phi) is 6.33. The highest BCUT2D eigenvalue weighted by atomic mass is 16.5. The molecule has 15 nitrogen and oxygen atoms in total. The monoisotopic (exact) mass is 533 g/mol. The van der Waals surface area contributed by atoms with Crippen LogP contribution in [-0.4, -0.2) is 60.5 Å². The fourth-order valence-corrected chi connectivity index (χ4v) is 4.02. The number of aromatic nitrogens is 5. The summed E-state index contributed by atoms with van der Waals surface area (Å²) in [5.74, 6) is -1.44. The maximum atomic E-state index is 13.0. The maximum Gasteiger partial charge on any atom is 0.280 e. The van der Waals surface area contributed by atoms with E-state index in [1.807, 2.05) is 0 Å². The lowest BCUT2D eigenvalue weighted by Crippen LogP contribution is -2.21. The van der Waals surface area contributed by atoms with Gasteiger partial charge in [0.25, 0.3) is 5.91 Å². The van der Waals surface area contributed by atoms with Gasteiger partial charge >= 0.3 is 0 Å². The molecule has 5 aromatic rings. The van der Waals surface area contributed by atoms with E-state index in [1.165, 1.54) is 39.7 Å². The third-order valence-corrected chi connectivity index (χ3v) is 5.76. The lowest BCUT2D eigenvalue weighted by Gasteiger charge is -2.15. The van der Waals surface area contributed by atoms with Gasteiger partial charge in [0, 0.05) is 30.2 Å². The average molecular weight is 534 g/mol. The quantitative estimate of drug-likeness (QED) is 0.167. The number of carbonyl (C=O) groups excluding carboxylic acids is 3. The molecule has 3 amide bonds. The van der Waals surface area contributed by atoms with Crippen molar-refractivity contribution in [3.05, 3.63) is 59.0 Å². The molecule has 0 bridgehead atoms. The minimum absolute atomic E-state index is 0.00604. The van der Waals surface area contributed by atoms with Gasteiger partial charge in [0.1, 0.15) is 17.0 Å². The molecule has 5 rings (SSSR count). The second-order valence-electron chi connectivity index (χ2n) is 8.51. The van der Waals surface area contributed by atoms with Crippen molar-refractivity contribution in [1.82, 2.24) is 24.5 Å². The Balaban J connectivity index is 1.76. The molecule has 2 aromatic carbocycles. The minimum atomic E-state index is -0.708. The standard InChI is InChI=1S/C24H23N9O6/c1-11-7-16(31-39-11)22(37)30-24-29-14-8-12(20(25)35)3-4-17(14)32(24)33-19-15(28-23(33)27)9-13(21(26)36)10-18(19)38-6-2-5-34/h3-4,7-10,34H,2,5-6H2,1H3,(H2,25,35)(H2,26,36)(H2,27,28)(H,29,30,37). The van der Waals surface area contributed by atoms with Gasteiger partial charge in [-0.15, -0.1) is 0 Å². The van der Waals surface area contributed by atoms with Gasteiger partial charge in [-0.25, -0.2) is 19.3 Å². The second-order valence-corrected chi connectivity index (χ2v) is 8.51. The van der Waals surface area contributed by atoms with E-state index in [2.05, 4.69) is 20.4 Å². The first-order valence-electron chi connectivity index (χ1n) is 11.6. The Morgan fingerprint density at radius 2 is 1.77 bits per heavy atom. The number of benzene rings is 2. The summed E-state index contributed by atoms with van der Waals surface area (Å²) in [5.41, 5.74) is 18.9. The van der Waals surface area contributed by atoms with E-state index >= 15 is 0 Å². The number of aryl methyl sites for hydroxylation is 1. The van der Waals surface area contributed by atoms with Crippen molar-refractivity contribution in [3.8, 4) is 5.75 Å². The molecule has 0 saturated heterocycles. The third-order valence-electron chi connectivity index (χ3n) is 5.76. The van der Waals surface area contributed by atoms with Gasteiger partial charge in [0.2, 0.25) is 23.7 Å². The Morgan fingerprint density at radius 3 is 2.44 bits per heavy atom. The SMILES string of the molecule is Cc1cc(C(=O)Nc2nc3cc(C(N)=O)ccc3n2-n2c(N)nc3cc(C(N)=O)cc(OCCCO)c32)no1. The van der Waals surface area contributed by atoms with Crippen molar-refractivity contribution in [3.63, 3.8) is 0 Å². The van der Waals surface area contributed by atoms with Crippen LogP contribution in [0.4, 0.5) is 11.9 Å². The van der Waals surface area contributed by atoms with Crippen molar-refractivity contribution >= 4 is 51.7 Å². The number of primary amides is 2. The zero-order chi connectivity index (χ0) is 27.8. The average Bonchev–Trinajstić information content (AvgIpc) is 3.57. The number of hydrogen-bond donors (Lipinski definition) is 5. The number of anilines is 2. The van der Waals surface area contributed by atoms with Gasteiger partial charge in [-0.2, -0.15) is 0 Å². The van der Waals surface area contributed by atoms with E-state index in [0.717, 1.165) is 0 Å². The highest BCUT2D eigenvalue weighted by Gasteiger charge is 2.24. The number of aliphatic hydroxyl groups is 1. The van der Waals surface area contributed by atoms with Crippen LogP contribution in [0, 0.1) is 6.92 Å². The third kappa shape index (κ3) is 4.57. The molecule has 0 aliphatic carbocycles. The molecule has 0 saturated carbocycles. The van der Waals surface area contributed by atoms with Gasteiger partial charge < -0.3 is 31.6 Å². The number of nitrogens with two attached hydrogens (primary N) is 3. The fourth-order valence-electron chi connectivity index (χ4n) is 4.02. The van der Waals surface area contributed by atoms with E-state index in [0.29, 0.717) is 28.7 Å². The number of hydrogen-bond acceptors (Lipinski definition) is 10. The molecule has 0 aliphatic heterocycles. The van der Waals surface area contributed by atoms with E-state index in [4.69, 9.17) is 26.5 Å². The molecular formula is C24H23N9O6. The minimum Gasteiger partial charge on any atom is -0.491 e. The number of nitrogen functional groups attached to an aromatic ring is 1. The topological polar surface area (TPSA) is 232 Å². The summed E-state index contributed by atoms with van der Waals surface area (Å²) in [6.07, 6.45) is 0.314. The normalized spacial score (nSPS) is 11.2. The van der Waals surface area contributed by atoms with Gasteiger partial charge in [0.15, 0.2) is 5.69 Å². The zero-order valence-electron chi connectivity index (χ0n) is 20.5. The number of fused-ring (bicyclic) bond motifs is 2. The van der Waals surface area contributed by atoms with Gasteiger partial charge in [-0.3, -0.25) is 19.7 Å².